The molecule has 0 aromatic heterocycles. The number of sulfonamides is 1. The van der Waals surface area contributed by atoms with E-state index in [-0.39, 0.29) is 17.1 Å². The van der Waals surface area contributed by atoms with Crippen LogP contribution in [0.3, 0.4) is 0 Å². The van der Waals surface area contributed by atoms with E-state index in [2.05, 4.69) is 5.32 Å². The minimum Gasteiger partial charge on any atom is -0.326 e. The van der Waals surface area contributed by atoms with Crippen LogP contribution in [0, 0.1) is 19.8 Å². The van der Waals surface area contributed by atoms with Gasteiger partial charge in [0.1, 0.15) is 0 Å². The van der Waals surface area contributed by atoms with Crippen LogP contribution in [0.2, 0.25) is 0 Å². The minimum atomic E-state index is -3.13. The molecular formula is C15H20N2O3S. The number of rotatable bonds is 4. The van der Waals surface area contributed by atoms with E-state index in [1.54, 1.807) is 0 Å². The summed E-state index contributed by atoms with van der Waals surface area (Å²) < 4.78 is 25.4. The first-order valence-corrected chi connectivity index (χ1v) is 8.75. The van der Waals surface area contributed by atoms with E-state index in [1.807, 2.05) is 32.0 Å². The molecule has 2 fully saturated rings. The monoisotopic (exact) mass is 308 g/mol. The van der Waals surface area contributed by atoms with Crippen LogP contribution in [0.15, 0.2) is 18.2 Å². The molecule has 1 aromatic carbocycles. The van der Waals surface area contributed by atoms with Crippen LogP contribution in [-0.2, 0) is 14.8 Å². The van der Waals surface area contributed by atoms with Crippen molar-refractivity contribution < 1.29 is 13.2 Å². The van der Waals surface area contributed by atoms with Crippen molar-refractivity contribution in [1.82, 2.24) is 4.31 Å². The number of carbonyl (C=O) groups excluding carboxylic acids is 1. The van der Waals surface area contributed by atoms with Crippen LogP contribution >= 0.6 is 0 Å². The van der Waals surface area contributed by atoms with Crippen molar-refractivity contribution in [2.45, 2.75) is 31.9 Å². The van der Waals surface area contributed by atoms with Crippen LogP contribution in [0.25, 0.3) is 0 Å². The highest BCUT2D eigenvalue weighted by atomic mass is 32.2. The minimum absolute atomic E-state index is 0.0917. The summed E-state index contributed by atoms with van der Waals surface area (Å²) in [7, 11) is -3.13. The Labute approximate surface area is 125 Å². The molecule has 1 aromatic rings. The van der Waals surface area contributed by atoms with Crippen LogP contribution in [-0.4, -0.2) is 37.0 Å². The van der Waals surface area contributed by atoms with Crippen molar-refractivity contribution in [3.63, 3.8) is 0 Å². The van der Waals surface area contributed by atoms with E-state index in [9.17, 15) is 13.2 Å². The van der Waals surface area contributed by atoms with Gasteiger partial charge in [-0.2, -0.15) is 4.31 Å². The predicted molar refractivity (Wildman–Crippen MR) is 81.6 cm³/mol. The second-order valence-electron chi connectivity index (χ2n) is 6.07. The van der Waals surface area contributed by atoms with E-state index in [0.717, 1.165) is 29.7 Å². The Morgan fingerprint density at radius 2 is 1.90 bits per heavy atom. The fourth-order valence-corrected chi connectivity index (χ4v) is 4.42. The lowest BCUT2D eigenvalue weighted by molar-refractivity contribution is -0.122. The Bertz CT molecular complexity index is 674. The molecule has 0 bridgehead atoms. The first-order chi connectivity index (χ1) is 9.88. The smallest absolute Gasteiger partial charge is 0.230 e. The van der Waals surface area contributed by atoms with Gasteiger partial charge in [0.2, 0.25) is 15.9 Å². The molecule has 0 atom stereocenters. The number of nitrogens with one attached hydrogen (secondary N) is 1. The maximum Gasteiger partial charge on any atom is 0.230 e. The van der Waals surface area contributed by atoms with Gasteiger partial charge in [0.15, 0.2) is 0 Å². The van der Waals surface area contributed by atoms with Crippen LogP contribution < -0.4 is 5.32 Å². The lowest BCUT2D eigenvalue weighted by atomic mass is 10.0. The number of amides is 1. The van der Waals surface area contributed by atoms with Crippen molar-refractivity contribution in [1.29, 1.82) is 0 Å². The van der Waals surface area contributed by atoms with Crippen molar-refractivity contribution >= 4 is 21.6 Å². The summed E-state index contributed by atoms with van der Waals surface area (Å²) in [6, 6.07) is 5.90. The molecule has 6 heteroatoms. The number of hydrogen-bond acceptors (Lipinski definition) is 3. The molecule has 0 spiro atoms. The van der Waals surface area contributed by atoms with Gasteiger partial charge in [-0.3, -0.25) is 4.79 Å². The largest absolute Gasteiger partial charge is 0.326 e. The summed E-state index contributed by atoms with van der Waals surface area (Å²) in [5.74, 6) is -0.329. The van der Waals surface area contributed by atoms with Crippen molar-refractivity contribution in [3.8, 4) is 0 Å². The summed E-state index contributed by atoms with van der Waals surface area (Å²) >= 11 is 0. The van der Waals surface area contributed by atoms with E-state index >= 15 is 0 Å². The SMILES string of the molecule is Cc1ccc(C)c(NC(=O)C2CN(S(=O)(=O)C3CC3)C2)c1. The molecule has 1 aliphatic carbocycles. The maximum absolute atomic E-state index is 12.2. The van der Waals surface area contributed by atoms with E-state index in [1.165, 1.54) is 4.31 Å². The maximum atomic E-state index is 12.2. The molecule has 1 saturated heterocycles. The number of hydrogen-bond donors (Lipinski definition) is 1. The summed E-state index contributed by atoms with van der Waals surface area (Å²) in [6.07, 6.45) is 1.52. The average molecular weight is 308 g/mol. The van der Waals surface area contributed by atoms with Gasteiger partial charge >= 0.3 is 0 Å². The molecule has 1 amide bonds. The van der Waals surface area contributed by atoms with Gasteiger partial charge in [0, 0.05) is 18.8 Å². The number of anilines is 1. The molecule has 114 valence electrons. The van der Waals surface area contributed by atoms with Crippen LogP contribution in [0.4, 0.5) is 5.69 Å². The van der Waals surface area contributed by atoms with Crippen molar-refractivity contribution in [2.24, 2.45) is 5.92 Å². The lowest BCUT2D eigenvalue weighted by Gasteiger charge is -2.37. The Kier molecular flexibility index (Phi) is 3.53. The molecule has 1 heterocycles. The lowest BCUT2D eigenvalue weighted by Crippen LogP contribution is -2.55. The number of nitrogens with zero attached hydrogens (tertiary/aromatic N) is 1. The van der Waals surface area contributed by atoms with Gasteiger partial charge in [-0.1, -0.05) is 12.1 Å². The van der Waals surface area contributed by atoms with Gasteiger partial charge in [-0.25, -0.2) is 8.42 Å². The molecular weight excluding hydrogens is 288 g/mol. The molecule has 5 nitrogen and oxygen atoms in total. The molecule has 21 heavy (non-hydrogen) atoms. The van der Waals surface area contributed by atoms with Crippen molar-refractivity contribution in [2.75, 3.05) is 18.4 Å². The highest BCUT2D eigenvalue weighted by Crippen LogP contribution is 2.34. The third kappa shape index (κ3) is 2.82. The Morgan fingerprint density at radius 3 is 2.52 bits per heavy atom. The number of aryl methyl sites for hydroxylation is 2. The Morgan fingerprint density at radius 1 is 1.24 bits per heavy atom. The highest BCUT2D eigenvalue weighted by molar-refractivity contribution is 7.90. The summed E-state index contributed by atoms with van der Waals surface area (Å²) in [4.78, 5) is 12.2. The van der Waals surface area contributed by atoms with E-state index in [4.69, 9.17) is 0 Å². The molecule has 1 N–H and O–H groups in total. The zero-order valence-corrected chi connectivity index (χ0v) is 13.1. The summed E-state index contributed by atoms with van der Waals surface area (Å²) in [5, 5.41) is 2.72. The summed E-state index contributed by atoms with van der Waals surface area (Å²) in [5.41, 5.74) is 2.90. The molecule has 2 aliphatic rings. The van der Waals surface area contributed by atoms with E-state index < -0.39 is 10.0 Å². The molecule has 1 aliphatic heterocycles. The number of benzene rings is 1. The molecule has 1 saturated carbocycles. The van der Waals surface area contributed by atoms with Gasteiger partial charge in [-0.05, 0) is 43.9 Å². The third-order valence-corrected chi connectivity index (χ3v) is 6.51. The van der Waals surface area contributed by atoms with Crippen molar-refractivity contribution in [3.05, 3.63) is 29.3 Å². The van der Waals surface area contributed by atoms with Gasteiger partial charge < -0.3 is 5.32 Å². The average Bonchev–Trinajstić information content (AvgIpc) is 3.15. The highest BCUT2D eigenvalue weighted by Gasteiger charge is 2.46. The predicted octanol–water partition coefficient (Wildman–Crippen LogP) is 1.67. The topological polar surface area (TPSA) is 66.5 Å². The quantitative estimate of drug-likeness (QED) is 0.920. The normalized spacial score (nSPS) is 20.1. The zero-order valence-electron chi connectivity index (χ0n) is 12.3. The molecule has 3 rings (SSSR count). The van der Waals surface area contributed by atoms with Gasteiger partial charge in [0.25, 0.3) is 0 Å². The standard InChI is InChI=1S/C15H20N2O3S/c1-10-3-4-11(2)14(7-10)16-15(18)12-8-17(9-12)21(19,20)13-5-6-13/h3-4,7,12-13H,5-6,8-9H2,1-2H3,(H,16,18). The Hall–Kier alpha value is -1.40. The molecule has 0 radical (unpaired) electrons. The first kappa shape index (κ1) is 14.5. The van der Waals surface area contributed by atoms with Crippen LogP contribution in [0.1, 0.15) is 24.0 Å². The first-order valence-electron chi connectivity index (χ1n) is 7.25. The Balaban J connectivity index is 1.60. The third-order valence-electron chi connectivity index (χ3n) is 4.18. The zero-order chi connectivity index (χ0) is 15.2. The second kappa shape index (κ2) is 5.10. The summed E-state index contributed by atoms with van der Waals surface area (Å²) in [6.45, 7) is 4.55. The van der Waals surface area contributed by atoms with Crippen LogP contribution in [0.5, 0.6) is 0 Å². The van der Waals surface area contributed by atoms with E-state index in [0.29, 0.717) is 13.1 Å². The van der Waals surface area contributed by atoms with Gasteiger partial charge in [0.05, 0.1) is 11.2 Å². The second-order valence-corrected chi connectivity index (χ2v) is 8.28. The number of carbonyl (C=O) groups is 1. The molecule has 0 unspecified atom stereocenters. The fourth-order valence-electron chi connectivity index (χ4n) is 2.49. The van der Waals surface area contributed by atoms with Gasteiger partial charge in [-0.15, -0.1) is 0 Å². The fraction of sp³-hybridized carbons (Fsp3) is 0.533.